The SMILES string of the molecule is Cc1cc([C@@H]2CN(C(=O)c3ccc4oc(C)cc4c3)CCO2)nc(C)n1. The zero-order valence-electron chi connectivity index (χ0n) is 15.2. The molecule has 0 radical (unpaired) electrons. The average molecular weight is 351 g/mol. The smallest absolute Gasteiger partial charge is 0.254 e. The van der Waals surface area contributed by atoms with Crippen molar-refractivity contribution in [3.8, 4) is 0 Å². The van der Waals surface area contributed by atoms with Crippen LogP contribution < -0.4 is 0 Å². The fourth-order valence-electron chi connectivity index (χ4n) is 3.41. The number of nitrogens with zero attached hydrogens (tertiary/aromatic N) is 3. The van der Waals surface area contributed by atoms with E-state index in [-0.39, 0.29) is 12.0 Å². The first-order valence-corrected chi connectivity index (χ1v) is 8.73. The van der Waals surface area contributed by atoms with E-state index in [1.807, 2.05) is 56.0 Å². The van der Waals surface area contributed by atoms with E-state index in [1.165, 1.54) is 0 Å². The van der Waals surface area contributed by atoms with E-state index in [0.29, 0.717) is 31.1 Å². The van der Waals surface area contributed by atoms with Crippen molar-refractivity contribution >= 4 is 16.9 Å². The highest BCUT2D eigenvalue weighted by Crippen LogP contribution is 2.25. The molecule has 0 N–H and O–H groups in total. The summed E-state index contributed by atoms with van der Waals surface area (Å²) in [5, 5.41) is 0.945. The van der Waals surface area contributed by atoms with Crippen LogP contribution in [0.25, 0.3) is 11.0 Å². The van der Waals surface area contributed by atoms with Crippen LogP contribution in [-0.4, -0.2) is 40.5 Å². The van der Waals surface area contributed by atoms with E-state index in [2.05, 4.69) is 9.97 Å². The molecule has 1 aromatic carbocycles. The number of ether oxygens (including phenoxy) is 1. The van der Waals surface area contributed by atoms with Gasteiger partial charge in [-0.3, -0.25) is 4.79 Å². The van der Waals surface area contributed by atoms with Gasteiger partial charge >= 0.3 is 0 Å². The lowest BCUT2D eigenvalue weighted by atomic mass is 10.1. The van der Waals surface area contributed by atoms with Gasteiger partial charge in [0, 0.05) is 23.2 Å². The standard InChI is InChI=1S/C20H21N3O3/c1-12-8-17(22-14(3)21-12)19-11-23(6-7-25-19)20(24)15-4-5-18-16(10-15)9-13(2)26-18/h4-5,8-10,19H,6-7,11H2,1-3H3/t19-/m0/s1. The predicted molar refractivity (Wildman–Crippen MR) is 97.1 cm³/mol. The van der Waals surface area contributed by atoms with E-state index in [4.69, 9.17) is 9.15 Å². The summed E-state index contributed by atoms with van der Waals surface area (Å²) in [6.45, 7) is 7.25. The topological polar surface area (TPSA) is 68.5 Å². The Morgan fingerprint density at radius 1 is 1.15 bits per heavy atom. The van der Waals surface area contributed by atoms with Gasteiger partial charge in [-0.1, -0.05) is 0 Å². The van der Waals surface area contributed by atoms with Gasteiger partial charge in [-0.15, -0.1) is 0 Å². The first-order chi connectivity index (χ1) is 12.5. The van der Waals surface area contributed by atoms with Gasteiger partial charge in [-0.05, 0) is 51.1 Å². The third-order valence-electron chi connectivity index (χ3n) is 4.56. The van der Waals surface area contributed by atoms with E-state index >= 15 is 0 Å². The van der Waals surface area contributed by atoms with Crippen LogP contribution in [0.15, 0.2) is 34.7 Å². The van der Waals surface area contributed by atoms with Gasteiger partial charge in [-0.25, -0.2) is 9.97 Å². The van der Waals surface area contributed by atoms with Gasteiger partial charge in [0.05, 0.1) is 18.8 Å². The molecule has 1 atom stereocenters. The van der Waals surface area contributed by atoms with Crippen LogP contribution in [0.2, 0.25) is 0 Å². The van der Waals surface area contributed by atoms with Crippen molar-refractivity contribution in [2.45, 2.75) is 26.9 Å². The fourth-order valence-corrected chi connectivity index (χ4v) is 3.41. The van der Waals surface area contributed by atoms with Crippen LogP contribution in [-0.2, 0) is 4.74 Å². The van der Waals surface area contributed by atoms with Crippen LogP contribution in [0, 0.1) is 20.8 Å². The van der Waals surface area contributed by atoms with Crippen molar-refractivity contribution in [2.75, 3.05) is 19.7 Å². The van der Waals surface area contributed by atoms with Gasteiger partial charge in [0.2, 0.25) is 0 Å². The normalized spacial score (nSPS) is 17.7. The molecule has 1 saturated heterocycles. The van der Waals surface area contributed by atoms with Crippen LogP contribution in [0.5, 0.6) is 0 Å². The first kappa shape index (κ1) is 16.7. The number of morpholine rings is 1. The molecule has 0 aliphatic carbocycles. The predicted octanol–water partition coefficient (Wildman–Crippen LogP) is 3.36. The third kappa shape index (κ3) is 3.20. The number of rotatable bonds is 2. The molecule has 0 saturated carbocycles. The molecule has 1 amide bonds. The van der Waals surface area contributed by atoms with E-state index in [1.54, 1.807) is 0 Å². The van der Waals surface area contributed by atoms with Crippen molar-refractivity contribution in [1.29, 1.82) is 0 Å². The minimum Gasteiger partial charge on any atom is -0.461 e. The minimum atomic E-state index is -0.229. The second-order valence-electron chi connectivity index (χ2n) is 6.70. The third-order valence-corrected chi connectivity index (χ3v) is 4.56. The van der Waals surface area contributed by atoms with Gasteiger partial charge in [0.15, 0.2) is 0 Å². The maximum Gasteiger partial charge on any atom is 0.254 e. The van der Waals surface area contributed by atoms with Crippen LogP contribution in [0.1, 0.15) is 39.4 Å². The minimum absolute atomic E-state index is 0.00144. The van der Waals surface area contributed by atoms with Crippen LogP contribution in [0.4, 0.5) is 0 Å². The molecule has 3 aromatic rings. The Morgan fingerprint density at radius 2 is 2.00 bits per heavy atom. The van der Waals surface area contributed by atoms with Crippen molar-refractivity contribution in [2.24, 2.45) is 0 Å². The zero-order valence-corrected chi connectivity index (χ0v) is 15.2. The van der Waals surface area contributed by atoms with Gasteiger partial charge in [0.1, 0.15) is 23.3 Å². The monoisotopic (exact) mass is 351 g/mol. The molecule has 0 bridgehead atoms. The van der Waals surface area contributed by atoms with Crippen molar-refractivity contribution in [3.05, 3.63) is 58.9 Å². The van der Waals surface area contributed by atoms with Crippen molar-refractivity contribution < 1.29 is 13.9 Å². The number of benzene rings is 1. The number of amides is 1. The summed E-state index contributed by atoms with van der Waals surface area (Å²) in [4.78, 5) is 23.6. The number of hydrogen-bond acceptors (Lipinski definition) is 5. The Balaban J connectivity index is 1.57. The molecule has 1 fully saturated rings. The lowest BCUT2D eigenvalue weighted by Crippen LogP contribution is -2.42. The van der Waals surface area contributed by atoms with Gasteiger partial charge < -0.3 is 14.1 Å². The first-order valence-electron chi connectivity index (χ1n) is 8.73. The Morgan fingerprint density at radius 3 is 2.81 bits per heavy atom. The number of carbonyl (C=O) groups is 1. The molecule has 6 nitrogen and oxygen atoms in total. The highest BCUT2D eigenvalue weighted by atomic mass is 16.5. The summed E-state index contributed by atoms with van der Waals surface area (Å²) in [5.41, 5.74) is 3.19. The fraction of sp³-hybridized carbons (Fsp3) is 0.350. The lowest BCUT2D eigenvalue weighted by Gasteiger charge is -2.33. The van der Waals surface area contributed by atoms with E-state index in [9.17, 15) is 4.79 Å². The molecule has 134 valence electrons. The molecule has 0 spiro atoms. The van der Waals surface area contributed by atoms with Crippen LogP contribution >= 0.6 is 0 Å². The summed E-state index contributed by atoms with van der Waals surface area (Å²) in [5.74, 6) is 1.56. The molecule has 2 aromatic heterocycles. The summed E-state index contributed by atoms with van der Waals surface area (Å²) in [7, 11) is 0. The molecule has 3 heterocycles. The number of aryl methyl sites for hydroxylation is 3. The number of aromatic nitrogens is 2. The number of fused-ring (bicyclic) bond motifs is 1. The Labute approximate surface area is 151 Å². The average Bonchev–Trinajstić information content (AvgIpc) is 2.99. The maximum atomic E-state index is 13.0. The van der Waals surface area contributed by atoms with E-state index in [0.717, 1.165) is 28.1 Å². The molecule has 1 aliphatic rings. The molecular weight excluding hydrogens is 330 g/mol. The Bertz CT molecular complexity index is 959. The summed E-state index contributed by atoms with van der Waals surface area (Å²) in [6, 6.07) is 9.42. The summed E-state index contributed by atoms with van der Waals surface area (Å²) >= 11 is 0. The highest BCUT2D eigenvalue weighted by molar-refractivity contribution is 5.97. The molecule has 4 rings (SSSR count). The highest BCUT2D eigenvalue weighted by Gasteiger charge is 2.27. The quantitative estimate of drug-likeness (QED) is 0.708. The zero-order chi connectivity index (χ0) is 18.3. The molecular formula is C20H21N3O3. The van der Waals surface area contributed by atoms with Gasteiger partial charge in [0.25, 0.3) is 5.91 Å². The van der Waals surface area contributed by atoms with E-state index < -0.39 is 0 Å². The number of carbonyl (C=O) groups excluding carboxylic acids is 1. The largest absolute Gasteiger partial charge is 0.461 e. The second-order valence-corrected chi connectivity index (χ2v) is 6.70. The Kier molecular flexibility index (Phi) is 4.20. The molecule has 6 heteroatoms. The molecule has 0 unspecified atom stereocenters. The van der Waals surface area contributed by atoms with Crippen molar-refractivity contribution in [1.82, 2.24) is 14.9 Å². The summed E-state index contributed by atoms with van der Waals surface area (Å²) in [6.07, 6.45) is -0.229. The number of hydrogen-bond donors (Lipinski definition) is 0. The summed E-state index contributed by atoms with van der Waals surface area (Å²) < 4.78 is 11.5. The molecule has 26 heavy (non-hydrogen) atoms. The van der Waals surface area contributed by atoms with Gasteiger partial charge in [-0.2, -0.15) is 0 Å². The molecule has 1 aliphatic heterocycles. The lowest BCUT2D eigenvalue weighted by molar-refractivity contribution is -0.0248. The maximum absolute atomic E-state index is 13.0. The second kappa shape index (κ2) is 6.53. The Hall–Kier alpha value is -2.73. The van der Waals surface area contributed by atoms with Crippen molar-refractivity contribution in [3.63, 3.8) is 0 Å². The number of furan rings is 1. The van der Waals surface area contributed by atoms with Crippen LogP contribution in [0.3, 0.4) is 0 Å².